The predicted molar refractivity (Wildman–Crippen MR) is 112 cm³/mol. The number of benzene rings is 3. The third-order valence-electron chi connectivity index (χ3n) is 4.34. The van der Waals surface area contributed by atoms with Gasteiger partial charge in [0.05, 0.1) is 5.52 Å². The van der Waals surface area contributed by atoms with Gasteiger partial charge in [0, 0.05) is 17.3 Å². The van der Waals surface area contributed by atoms with Crippen LogP contribution in [0.3, 0.4) is 0 Å². The van der Waals surface area contributed by atoms with E-state index in [1.54, 1.807) is 17.9 Å². The van der Waals surface area contributed by atoms with Crippen molar-refractivity contribution < 1.29 is 9.63 Å². The third-order valence-corrected chi connectivity index (χ3v) is 4.34. The highest BCUT2D eigenvalue weighted by atomic mass is 16.6. The normalized spacial score (nSPS) is 11.0. The fourth-order valence-corrected chi connectivity index (χ4v) is 2.99. The summed E-state index contributed by atoms with van der Waals surface area (Å²) in [5.74, 6) is 0.534. The quantitative estimate of drug-likeness (QED) is 0.530. The number of para-hydroxylation sites is 2. The van der Waals surface area contributed by atoms with Crippen LogP contribution in [0.2, 0.25) is 0 Å². The van der Waals surface area contributed by atoms with Gasteiger partial charge < -0.3 is 10.2 Å². The van der Waals surface area contributed by atoms with Gasteiger partial charge >= 0.3 is 0 Å². The summed E-state index contributed by atoms with van der Waals surface area (Å²) in [6, 6.07) is 25.0. The molecule has 4 aromatic rings. The number of carbonyl (C=O) groups is 1. The first-order valence-electron chi connectivity index (χ1n) is 8.91. The minimum atomic E-state index is -0.180. The molecule has 1 heterocycles. The molecule has 0 radical (unpaired) electrons. The second kappa shape index (κ2) is 7.80. The number of carbonyl (C=O) groups excluding carboxylic acids is 1. The molecule has 0 aliphatic heterocycles. The Hall–Kier alpha value is -3.86. The molecule has 1 aromatic heterocycles. The number of rotatable bonds is 5. The first kappa shape index (κ1) is 17.5. The second-order valence-electron chi connectivity index (χ2n) is 6.21. The van der Waals surface area contributed by atoms with Crippen LogP contribution in [0.5, 0.6) is 0 Å². The van der Waals surface area contributed by atoms with Crippen molar-refractivity contribution >= 4 is 28.7 Å². The van der Waals surface area contributed by atoms with Crippen LogP contribution in [0.25, 0.3) is 28.5 Å². The van der Waals surface area contributed by atoms with Crippen molar-refractivity contribution in [3.63, 3.8) is 0 Å². The monoisotopic (exact) mass is 369 g/mol. The number of amides is 1. The Morgan fingerprint density at radius 3 is 2.43 bits per heavy atom. The minimum Gasteiger partial charge on any atom is -0.415 e. The summed E-state index contributed by atoms with van der Waals surface area (Å²) in [7, 11) is 1.62. The highest BCUT2D eigenvalue weighted by Crippen LogP contribution is 2.25. The SMILES string of the molecule is COn1c(-c2ccc(NC(=O)/C=C/c3ccccc3)cc2)nc2ccccc21. The summed E-state index contributed by atoms with van der Waals surface area (Å²) in [6.45, 7) is 0. The van der Waals surface area contributed by atoms with Gasteiger partial charge in [0.2, 0.25) is 5.91 Å². The highest BCUT2D eigenvalue weighted by molar-refractivity contribution is 6.02. The number of hydrogen-bond acceptors (Lipinski definition) is 3. The lowest BCUT2D eigenvalue weighted by Crippen LogP contribution is -2.08. The van der Waals surface area contributed by atoms with Gasteiger partial charge in [-0.25, -0.2) is 4.98 Å². The molecular weight excluding hydrogens is 350 g/mol. The summed E-state index contributed by atoms with van der Waals surface area (Å²) in [6.07, 6.45) is 3.30. The van der Waals surface area contributed by atoms with E-state index in [1.165, 1.54) is 6.08 Å². The van der Waals surface area contributed by atoms with Gasteiger partial charge in [0.1, 0.15) is 12.6 Å². The van der Waals surface area contributed by atoms with Crippen LogP contribution >= 0.6 is 0 Å². The Morgan fingerprint density at radius 2 is 1.68 bits per heavy atom. The van der Waals surface area contributed by atoms with Gasteiger partial charge in [-0.2, -0.15) is 4.73 Å². The topological polar surface area (TPSA) is 56.1 Å². The van der Waals surface area contributed by atoms with Gasteiger partial charge in [-0.05, 0) is 48.0 Å². The molecule has 0 saturated carbocycles. The fraction of sp³-hybridized carbons (Fsp3) is 0.0435. The molecule has 0 fully saturated rings. The molecule has 0 unspecified atom stereocenters. The first-order valence-corrected chi connectivity index (χ1v) is 8.91. The molecule has 1 N–H and O–H groups in total. The van der Waals surface area contributed by atoms with E-state index < -0.39 is 0 Å². The van der Waals surface area contributed by atoms with E-state index in [-0.39, 0.29) is 5.91 Å². The first-order chi connectivity index (χ1) is 13.7. The zero-order valence-corrected chi connectivity index (χ0v) is 15.4. The van der Waals surface area contributed by atoms with E-state index in [1.807, 2.05) is 78.9 Å². The number of aromatic nitrogens is 2. The maximum Gasteiger partial charge on any atom is 0.248 e. The van der Waals surface area contributed by atoms with Crippen molar-refractivity contribution in [1.82, 2.24) is 9.71 Å². The lowest BCUT2D eigenvalue weighted by atomic mass is 10.2. The Balaban J connectivity index is 1.51. The van der Waals surface area contributed by atoms with Gasteiger partial charge in [-0.1, -0.05) is 42.5 Å². The number of fused-ring (bicyclic) bond motifs is 1. The average molecular weight is 369 g/mol. The van der Waals surface area contributed by atoms with E-state index in [9.17, 15) is 4.79 Å². The van der Waals surface area contributed by atoms with Gasteiger partial charge in [0.15, 0.2) is 5.82 Å². The summed E-state index contributed by atoms with van der Waals surface area (Å²) >= 11 is 0. The zero-order valence-electron chi connectivity index (χ0n) is 15.4. The number of nitrogens with one attached hydrogen (secondary N) is 1. The van der Waals surface area contributed by atoms with E-state index in [4.69, 9.17) is 4.84 Å². The second-order valence-corrected chi connectivity index (χ2v) is 6.21. The molecule has 3 aromatic carbocycles. The molecule has 0 aliphatic carbocycles. The van der Waals surface area contributed by atoms with Crippen molar-refractivity contribution in [3.8, 4) is 11.4 Å². The summed E-state index contributed by atoms with van der Waals surface area (Å²) in [5, 5.41) is 2.86. The van der Waals surface area contributed by atoms with E-state index in [0.717, 1.165) is 22.2 Å². The Labute approximate surface area is 162 Å². The number of anilines is 1. The number of imidazole rings is 1. The maximum atomic E-state index is 12.1. The van der Waals surface area contributed by atoms with Crippen LogP contribution in [0.15, 0.2) is 84.9 Å². The molecule has 0 bridgehead atoms. The zero-order chi connectivity index (χ0) is 19.3. The van der Waals surface area contributed by atoms with Crippen LogP contribution < -0.4 is 10.2 Å². The molecule has 0 saturated heterocycles. The smallest absolute Gasteiger partial charge is 0.248 e. The van der Waals surface area contributed by atoms with Crippen molar-refractivity contribution in [2.24, 2.45) is 0 Å². The minimum absolute atomic E-state index is 0.180. The third kappa shape index (κ3) is 3.64. The van der Waals surface area contributed by atoms with Crippen LogP contribution in [0.4, 0.5) is 5.69 Å². The molecule has 138 valence electrons. The van der Waals surface area contributed by atoms with Gasteiger partial charge in [0.25, 0.3) is 0 Å². The summed E-state index contributed by atoms with van der Waals surface area (Å²) in [4.78, 5) is 22.3. The Kier molecular flexibility index (Phi) is 4.89. The Bertz CT molecular complexity index is 1130. The largest absolute Gasteiger partial charge is 0.415 e. The predicted octanol–water partition coefficient (Wildman–Crippen LogP) is 4.41. The lowest BCUT2D eigenvalue weighted by molar-refractivity contribution is -0.111. The summed E-state index contributed by atoms with van der Waals surface area (Å²) < 4.78 is 1.70. The standard InChI is InChI=1S/C23H19N3O2/c1-28-26-21-10-6-5-9-20(21)25-23(26)18-12-14-19(15-13-18)24-22(27)16-11-17-7-3-2-4-8-17/h2-16H,1H3,(H,24,27)/b16-11+. The molecular formula is C23H19N3O2. The van der Waals surface area contributed by atoms with Crippen LogP contribution in [-0.4, -0.2) is 22.7 Å². The van der Waals surface area contributed by atoms with Gasteiger partial charge in [-0.3, -0.25) is 4.79 Å². The molecule has 0 aliphatic rings. The van der Waals surface area contributed by atoms with Crippen LogP contribution in [0, 0.1) is 0 Å². The Morgan fingerprint density at radius 1 is 0.964 bits per heavy atom. The number of nitrogens with zero attached hydrogens (tertiary/aromatic N) is 2. The molecule has 0 spiro atoms. The number of hydrogen-bond donors (Lipinski definition) is 1. The fourth-order valence-electron chi connectivity index (χ4n) is 2.99. The molecule has 28 heavy (non-hydrogen) atoms. The molecule has 1 amide bonds. The maximum absolute atomic E-state index is 12.1. The average Bonchev–Trinajstić information content (AvgIpc) is 3.12. The van der Waals surface area contributed by atoms with Crippen molar-refractivity contribution in [2.45, 2.75) is 0 Å². The van der Waals surface area contributed by atoms with Crippen molar-refractivity contribution in [3.05, 3.63) is 90.5 Å². The van der Waals surface area contributed by atoms with Crippen LogP contribution in [-0.2, 0) is 4.79 Å². The molecule has 4 rings (SSSR count). The lowest BCUT2D eigenvalue weighted by Gasteiger charge is -2.08. The van der Waals surface area contributed by atoms with Crippen LogP contribution in [0.1, 0.15) is 5.56 Å². The molecule has 0 atom stereocenters. The van der Waals surface area contributed by atoms with Crippen molar-refractivity contribution in [1.29, 1.82) is 0 Å². The van der Waals surface area contributed by atoms with E-state index >= 15 is 0 Å². The molecule has 5 nitrogen and oxygen atoms in total. The van der Waals surface area contributed by atoms with Gasteiger partial charge in [-0.15, -0.1) is 0 Å². The molecule has 5 heteroatoms. The summed E-state index contributed by atoms with van der Waals surface area (Å²) in [5.41, 5.74) is 4.36. The van der Waals surface area contributed by atoms with Crippen molar-refractivity contribution in [2.75, 3.05) is 12.4 Å². The highest BCUT2D eigenvalue weighted by Gasteiger charge is 2.12. The van der Waals surface area contributed by atoms with E-state index in [0.29, 0.717) is 11.5 Å². The van der Waals surface area contributed by atoms with E-state index in [2.05, 4.69) is 10.3 Å².